The van der Waals surface area contributed by atoms with Gasteiger partial charge >= 0.3 is 6.03 Å². The molecule has 14 nitrogen and oxygen atoms in total. The quantitative estimate of drug-likeness (QED) is 0.297. The van der Waals surface area contributed by atoms with Crippen molar-refractivity contribution < 1.29 is 37.3 Å². The van der Waals surface area contributed by atoms with Crippen molar-refractivity contribution in [3.8, 4) is 11.5 Å². The van der Waals surface area contributed by atoms with Gasteiger partial charge < -0.3 is 39.4 Å². The molecule has 0 fully saturated rings. The summed E-state index contributed by atoms with van der Waals surface area (Å²) in [5.41, 5.74) is 1.13. The smallest absolute Gasteiger partial charge is 0.323 e. The summed E-state index contributed by atoms with van der Waals surface area (Å²) in [5.74, 6) is 0.245. The maximum Gasteiger partial charge on any atom is 0.323 e. The minimum Gasteiger partial charge on any atom is -0.497 e. The van der Waals surface area contributed by atoms with Gasteiger partial charge in [-0.1, -0.05) is 6.92 Å². The van der Waals surface area contributed by atoms with Crippen molar-refractivity contribution in [3.05, 3.63) is 60.6 Å². The van der Waals surface area contributed by atoms with Crippen LogP contribution in [-0.4, -0.2) is 103 Å². The molecule has 15 heteroatoms. The number of imidazole rings is 1. The summed E-state index contributed by atoms with van der Waals surface area (Å²) in [7, 11) is 0.848. The fourth-order valence-corrected chi connectivity index (χ4v) is 6.61. The molecule has 1 aliphatic rings. The predicted octanol–water partition coefficient (Wildman–Crippen LogP) is 4.19. The van der Waals surface area contributed by atoms with Crippen molar-refractivity contribution >= 4 is 33.3 Å². The van der Waals surface area contributed by atoms with Crippen LogP contribution in [0.4, 0.5) is 16.2 Å². The molecule has 2 aromatic carbocycles. The zero-order chi connectivity index (χ0) is 35.7. The molecule has 49 heavy (non-hydrogen) atoms. The molecule has 0 spiro atoms. The number of ether oxygens (including phenoxy) is 3. The molecule has 0 bridgehead atoms. The zero-order valence-electron chi connectivity index (χ0n) is 29.0. The standard InChI is InChI=1S/C34H48N6O8S/c1-23-18-40(24(2)21-41)33(42)29-17-27(37-34(43)36-26-10-13-28(46-6)14-11-26)12-15-30(29)48-25(3)9-7-8-16-47-31(23)19-39(5)49(44,45)32-20-38(4)22-35-32/h10-15,17,20,22-25,31,41H,7-9,16,18-19,21H2,1-6H3,(H2,36,37,43)/t23-,24+,25-,31+/m0/s1. The molecular weight excluding hydrogens is 652 g/mol. The molecule has 0 unspecified atom stereocenters. The van der Waals surface area contributed by atoms with Gasteiger partial charge in [0.15, 0.2) is 5.03 Å². The summed E-state index contributed by atoms with van der Waals surface area (Å²) in [6, 6.07) is 10.6. The van der Waals surface area contributed by atoms with Crippen LogP contribution in [0.3, 0.4) is 0 Å². The SMILES string of the molecule is COc1ccc(NC(=O)Nc2ccc3c(c2)C(=O)N([C@H](C)CO)C[C@H](C)[C@@H](CN(C)S(=O)(=O)c2cn(C)cn2)OCCCC[C@H](C)O3)cc1. The van der Waals surface area contributed by atoms with Gasteiger partial charge in [0, 0.05) is 57.3 Å². The monoisotopic (exact) mass is 700 g/mol. The van der Waals surface area contributed by atoms with E-state index in [1.54, 1.807) is 68.1 Å². The molecule has 0 saturated carbocycles. The highest BCUT2D eigenvalue weighted by molar-refractivity contribution is 7.89. The summed E-state index contributed by atoms with van der Waals surface area (Å²) in [5, 5.41) is 15.7. The molecule has 0 radical (unpaired) electrons. The van der Waals surface area contributed by atoms with E-state index < -0.39 is 34.1 Å². The third kappa shape index (κ3) is 9.94. The number of benzene rings is 2. The van der Waals surface area contributed by atoms with Gasteiger partial charge in [-0.15, -0.1) is 0 Å². The molecule has 3 N–H and O–H groups in total. The van der Waals surface area contributed by atoms with Crippen molar-refractivity contribution in [1.29, 1.82) is 0 Å². The number of carbonyl (C=O) groups excluding carboxylic acids is 2. The minimum atomic E-state index is -3.89. The van der Waals surface area contributed by atoms with Crippen molar-refractivity contribution in [1.82, 2.24) is 18.8 Å². The number of urea groups is 1. The third-order valence-electron chi connectivity index (χ3n) is 8.45. The Balaban J connectivity index is 1.61. The molecule has 4 rings (SSSR count). The molecule has 0 saturated heterocycles. The van der Waals surface area contributed by atoms with E-state index in [1.807, 2.05) is 13.8 Å². The average molecular weight is 701 g/mol. The lowest BCUT2D eigenvalue weighted by Crippen LogP contribution is -2.48. The first kappa shape index (κ1) is 37.6. The van der Waals surface area contributed by atoms with Gasteiger partial charge in [0.05, 0.1) is 43.9 Å². The number of carbonyl (C=O) groups is 2. The largest absolute Gasteiger partial charge is 0.497 e. The number of sulfonamides is 1. The Bertz CT molecular complexity index is 1660. The van der Waals surface area contributed by atoms with E-state index >= 15 is 0 Å². The highest BCUT2D eigenvalue weighted by Gasteiger charge is 2.33. The zero-order valence-corrected chi connectivity index (χ0v) is 29.8. The summed E-state index contributed by atoms with van der Waals surface area (Å²) in [6.45, 7) is 5.81. The second-order valence-electron chi connectivity index (χ2n) is 12.5. The van der Waals surface area contributed by atoms with E-state index in [4.69, 9.17) is 14.2 Å². The number of rotatable bonds is 9. The van der Waals surface area contributed by atoms with Crippen molar-refractivity contribution in [3.63, 3.8) is 0 Å². The fourth-order valence-electron chi connectivity index (χ4n) is 5.46. The number of likely N-dealkylation sites (N-methyl/N-ethyl adjacent to an activating group) is 1. The Morgan fingerprint density at radius 1 is 1.14 bits per heavy atom. The number of aliphatic hydroxyl groups excluding tert-OH is 1. The van der Waals surface area contributed by atoms with Gasteiger partial charge in [0.25, 0.3) is 15.9 Å². The Labute approximate surface area is 288 Å². The number of aryl methyl sites for hydroxylation is 1. The first-order chi connectivity index (χ1) is 23.3. The highest BCUT2D eigenvalue weighted by atomic mass is 32.2. The Morgan fingerprint density at radius 3 is 2.49 bits per heavy atom. The topological polar surface area (TPSA) is 165 Å². The second-order valence-corrected chi connectivity index (χ2v) is 14.5. The first-order valence-electron chi connectivity index (χ1n) is 16.3. The van der Waals surface area contributed by atoms with Crippen LogP contribution < -0.4 is 20.1 Å². The van der Waals surface area contributed by atoms with Gasteiger partial charge in [0.2, 0.25) is 0 Å². The first-order valence-corrected chi connectivity index (χ1v) is 17.8. The second kappa shape index (κ2) is 17.0. The number of amides is 3. The molecule has 1 aliphatic heterocycles. The van der Waals surface area contributed by atoms with Crippen LogP contribution in [0.2, 0.25) is 0 Å². The summed E-state index contributed by atoms with van der Waals surface area (Å²) < 4.78 is 47.1. The summed E-state index contributed by atoms with van der Waals surface area (Å²) in [4.78, 5) is 32.8. The Hall–Kier alpha value is -4.18. The maximum absolute atomic E-state index is 14.4. The Kier molecular flexibility index (Phi) is 13.0. The van der Waals surface area contributed by atoms with Crippen LogP contribution in [0.15, 0.2) is 60.0 Å². The highest BCUT2D eigenvalue weighted by Crippen LogP contribution is 2.29. The number of anilines is 2. The minimum absolute atomic E-state index is 0.0308. The number of hydrogen-bond donors (Lipinski definition) is 3. The number of methoxy groups -OCH3 is 1. The van der Waals surface area contributed by atoms with Gasteiger partial charge in [-0.05, 0) is 75.6 Å². The van der Waals surface area contributed by atoms with Crippen LogP contribution in [0.5, 0.6) is 11.5 Å². The van der Waals surface area contributed by atoms with Gasteiger partial charge in [-0.3, -0.25) is 4.79 Å². The van der Waals surface area contributed by atoms with Crippen molar-refractivity contribution in [2.75, 3.05) is 51.1 Å². The van der Waals surface area contributed by atoms with Crippen LogP contribution in [0, 0.1) is 5.92 Å². The van der Waals surface area contributed by atoms with Crippen molar-refractivity contribution in [2.45, 2.75) is 63.3 Å². The van der Waals surface area contributed by atoms with Crippen LogP contribution in [0.25, 0.3) is 0 Å². The molecule has 1 aromatic heterocycles. The van der Waals surface area contributed by atoms with Gasteiger partial charge in [0.1, 0.15) is 11.5 Å². The van der Waals surface area contributed by atoms with Crippen LogP contribution >= 0.6 is 0 Å². The third-order valence-corrected chi connectivity index (χ3v) is 10.2. The average Bonchev–Trinajstić information content (AvgIpc) is 3.53. The fraction of sp³-hybridized carbons (Fsp3) is 0.500. The lowest BCUT2D eigenvalue weighted by Gasteiger charge is -2.35. The number of aliphatic hydroxyl groups is 1. The number of nitrogens with zero attached hydrogens (tertiary/aromatic N) is 4. The van der Waals surface area contributed by atoms with Gasteiger partial charge in [-0.2, -0.15) is 4.31 Å². The van der Waals surface area contributed by atoms with E-state index in [9.17, 15) is 23.1 Å². The van der Waals surface area contributed by atoms with E-state index in [2.05, 4.69) is 15.6 Å². The van der Waals surface area contributed by atoms with Crippen LogP contribution in [-0.2, 0) is 21.8 Å². The van der Waals surface area contributed by atoms with Crippen molar-refractivity contribution in [2.24, 2.45) is 13.0 Å². The number of aromatic nitrogens is 2. The molecule has 3 aromatic rings. The summed E-state index contributed by atoms with van der Waals surface area (Å²) in [6.07, 6.45) is 4.26. The predicted molar refractivity (Wildman–Crippen MR) is 186 cm³/mol. The van der Waals surface area contributed by atoms with E-state index in [0.29, 0.717) is 35.9 Å². The lowest BCUT2D eigenvalue weighted by molar-refractivity contribution is -0.00835. The van der Waals surface area contributed by atoms with Crippen LogP contribution in [0.1, 0.15) is 50.4 Å². The lowest BCUT2D eigenvalue weighted by atomic mass is 10.0. The molecule has 0 aliphatic carbocycles. The Morgan fingerprint density at radius 2 is 1.84 bits per heavy atom. The molecule has 4 atom stereocenters. The molecule has 268 valence electrons. The maximum atomic E-state index is 14.4. The number of hydrogen-bond acceptors (Lipinski definition) is 9. The number of fused-ring (bicyclic) bond motifs is 1. The van der Waals surface area contributed by atoms with E-state index in [0.717, 1.165) is 12.8 Å². The van der Waals surface area contributed by atoms with Gasteiger partial charge in [-0.25, -0.2) is 18.2 Å². The molecular formula is C34H48N6O8S. The molecule has 2 heterocycles. The summed E-state index contributed by atoms with van der Waals surface area (Å²) >= 11 is 0. The normalized spacial score (nSPS) is 20.1. The van der Waals surface area contributed by atoms with E-state index in [-0.39, 0.29) is 42.3 Å². The molecule has 3 amide bonds. The number of nitrogens with one attached hydrogen (secondary N) is 2. The van der Waals surface area contributed by atoms with E-state index in [1.165, 1.54) is 28.8 Å².